The number of piperidine rings is 1. The van der Waals surface area contributed by atoms with E-state index >= 15 is 0 Å². The van der Waals surface area contributed by atoms with Crippen LogP contribution in [0.5, 0.6) is 0 Å². The molecule has 23 heavy (non-hydrogen) atoms. The van der Waals surface area contributed by atoms with E-state index in [-0.39, 0.29) is 0 Å². The Morgan fingerprint density at radius 3 is 1.87 bits per heavy atom. The van der Waals surface area contributed by atoms with E-state index < -0.39 is 0 Å². The Kier molecular flexibility index (Phi) is 4.85. The summed E-state index contributed by atoms with van der Waals surface area (Å²) >= 11 is 0. The highest BCUT2D eigenvalue weighted by Gasteiger charge is 2.40. The average molecular weight is 322 g/mol. The first-order valence-corrected chi connectivity index (χ1v) is 9.84. The lowest BCUT2D eigenvalue weighted by Gasteiger charge is -2.53. The zero-order valence-electron chi connectivity index (χ0n) is 16.4. The van der Waals surface area contributed by atoms with Crippen LogP contribution in [0.1, 0.15) is 54.4 Å². The van der Waals surface area contributed by atoms with E-state index in [4.69, 9.17) is 0 Å². The zero-order chi connectivity index (χ0) is 16.8. The average Bonchev–Trinajstić information content (AvgIpc) is 2.32. The highest BCUT2D eigenvalue weighted by Crippen LogP contribution is 2.35. The van der Waals surface area contributed by atoms with Gasteiger partial charge < -0.3 is 0 Å². The van der Waals surface area contributed by atoms with Crippen LogP contribution in [0.3, 0.4) is 0 Å². The molecule has 0 radical (unpaired) electrons. The Bertz CT molecular complexity index is 386. The second kappa shape index (κ2) is 6.31. The molecule has 0 amide bonds. The minimum absolute atomic E-state index is 0.366. The Morgan fingerprint density at radius 1 is 0.826 bits per heavy atom. The predicted molar refractivity (Wildman–Crippen MR) is 98.8 cm³/mol. The van der Waals surface area contributed by atoms with E-state index in [0.29, 0.717) is 11.0 Å². The fourth-order valence-electron chi connectivity index (χ4n) is 4.65. The number of hydrogen-bond donors (Lipinski definition) is 0. The van der Waals surface area contributed by atoms with Gasteiger partial charge in [-0.3, -0.25) is 14.7 Å². The van der Waals surface area contributed by atoms with E-state index in [0.717, 1.165) is 17.9 Å². The number of hydrogen-bond acceptors (Lipinski definition) is 3. The van der Waals surface area contributed by atoms with E-state index in [1.165, 1.54) is 58.7 Å². The van der Waals surface area contributed by atoms with Crippen molar-refractivity contribution >= 4 is 0 Å². The molecule has 0 atom stereocenters. The molecular weight excluding hydrogens is 282 g/mol. The highest BCUT2D eigenvalue weighted by molar-refractivity contribution is 4.95. The maximum Gasteiger partial charge on any atom is 0.0350 e. The van der Waals surface area contributed by atoms with Crippen LogP contribution in [0, 0.1) is 17.3 Å². The molecule has 0 spiro atoms. The van der Waals surface area contributed by atoms with Gasteiger partial charge >= 0.3 is 0 Å². The quantitative estimate of drug-likeness (QED) is 0.790. The van der Waals surface area contributed by atoms with Gasteiger partial charge in [-0.25, -0.2) is 0 Å². The second-order valence-corrected chi connectivity index (χ2v) is 10.5. The topological polar surface area (TPSA) is 9.72 Å². The zero-order valence-corrected chi connectivity index (χ0v) is 16.4. The normalized spacial score (nSPS) is 27.9. The first-order valence-electron chi connectivity index (χ1n) is 9.84. The third kappa shape index (κ3) is 4.11. The summed E-state index contributed by atoms with van der Waals surface area (Å²) in [5.41, 5.74) is 0.867. The molecule has 0 aliphatic carbocycles. The molecule has 3 rings (SSSR count). The molecule has 0 aromatic rings. The van der Waals surface area contributed by atoms with Crippen LogP contribution in [0.4, 0.5) is 0 Å². The van der Waals surface area contributed by atoms with Crippen molar-refractivity contribution in [2.45, 2.75) is 66.0 Å². The molecule has 3 saturated heterocycles. The molecule has 134 valence electrons. The minimum Gasteiger partial charge on any atom is -0.300 e. The van der Waals surface area contributed by atoms with Gasteiger partial charge in [-0.05, 0) is 64.0 Å². The van der Waals surface area contributed by atoms with Crippen molar-refractivity contribution in [1.29, 1.82) is 0 Å². The lowest BCUT2D eigenvalue weighted by Crippen LogP contribution is -2.65. The van der Waals surface area contributed by atoms with Gasteiger partial charge in [-0.2, -0.15) is 0 Å². The van der Waals surface area contributed by atoms with Gasteiger partial charge in [0, 0.05) is 44.3 Å². The molecule has 3 nitrogen and oxygen atoms in total. The fraction of sp³-hybridized carbons (Fsp3) is 1.00. The summed E-state index contributed by atoms with van der Waals surface area (Å²) in [5, 5.41) is 0. The van der Waals surface area contributed by atoms with Crippen LogP contribution in [0.15, 0.2) is 0 Å². The van der Waals surface area contributed by atoms with Crippen molar-refractivity contribution in [3.8, 4) is 0 Å². The summed E-state index contributed by atoms with van der Waals surface area (Å²) < 4.78 is 0. The van der Waals surface area contributed by atoms with E-state index in [9.17, 15) is 0 Å². The van der Waals surface area contributed by atoms with Crippen LogP contribution in [-0.4, -0.2) is 72.1 Å². The number of likely N-dealkylation sites (tertiary alicyclic amines) is 3. The van der Waals surface area contributed by atoms with E-state index in [2.05, 4.69) is 56.2 Å². The van der Waals surface area contributed by atoms with Crippen molar-refractivity contribution in [1.82, 2.24) is 14.7 Å². The van der Waals surface area contributed by atoms with Crippen LogP contribution in [-0.2, 0) is 0 Å². The third-order valence-corrected chi connectivity index (χ3v) is 6.63. The van der Waals surface area contributed by atoms with Gasteiger partial charge in [0.25, 0.3) is 0 Å². The van der Waals surface area contributed by atoms with E-state index in [1.54, 1.807) is 0 Å². The Morgan fingerprint density at radius 2 is 1.39 bits per heavy atom. The maximum absolute atomic E-state index is 2.78. The molecule has 3 aliphatic rings. The highest BCUT2D eigenvalue weighted by atomic mass is 15.3. The van der Waals surface area contributed by atoms with Gasteiger partial charge in [-0.15, -0.1) is 0 Å². The van der Waals surface area contributed by atoms with Gasteiger partial charge in [0.1, 0.15) is 0 Å². The maximum atomic E-state index is 2.78. The molecule has 0 N–H and O–H groups in total. The summed E-state index contributed by atoms with van der Waals surface area (Å²) in [6, 6.07) is 0.856. The smallest absolute Gasteiger partial charge is 0.0350 e. The number of nitrogens with zero attached hydrogens (tertiary/aromatic N) is 3. The van der Waals surface area contributed by atoms with Gasteiger partial charge in [0.15, 0.2) is 0 Å². The molecule has 0 bridgehead atoms. The Labute approximate surface area is 144 Å². The predicted octanol–water partition coefficient (Wildman–Crippen LogP) is 3.16. The van der Waals surface area contributed by atoms with Crippen molar-refractivity contribution in [2.24, 2.45) is 17.3 Å². The van der Waals surface area contributed by atoms with E-state index in [1.807, 2.05) is 0 Å². The monoisotopic (exact) mass is 321 g/mol. The third-order valence-electron chi connectivity index (χ3n) is 6.63. The second-order valence-electron chi connectivity index (χ2n) is 10.5. The summed E-state index contributed by atoms with van der Waals surface area (Å²) in [7, 11) is 0. The summed E-state index contributed by atoms with van der Waals surface area (Å²) in [5.74, 6) is 1.84. The SMILES string of the molecule is CC(C)(C)C1CCN(C2CN(CC3CN(C(C)(C)C)C3)C2)CC1. The Balaban J connectivity index is 1.32. The van der Waals surface area contributed by atoms with Crippen LogP contribution in [0.2, 0.25) is 0 Å². The molecular formula is C20H39N3. The molecule has 3 aliphatic heterocycles. The van der Waals surface area contributed by atoms with Crippen molar-refractivity contribution in [3.05, 3.63) is 0 Å². The summed E-state index contributed by atoms with van der Waals surface area (Å²) in [6.07, 6.45) is 2.81. The molecule has 0 saturated carbocycles. The standard InChI is InChI=1S/C20H39N3/c1-19(2,3)17-7-9-22(10-8-17)18-14-21(15-18)11-16-12-23(13-16)20(4,5)6/h16-18H,7-15H2,1-6H3. The minimum atomic E-state index is 0.366. The van der Waals surface area contributed by atoms with Crippen LogP contribution in [0.25, 0.3) is 0 Å². The fourth-order valence-corrected chi connectivity index (χ4v) is 4.65. The van der Waals surface area contributed by atoms with Gasteiger partial charge in [-0.1, -0.05) is 20.8 Å². The van der Waals surface area contributed by atoms with Crippen LogP contribution >= 0.6 is 0 Å². The lowest BCUT2D eigenvalue weighted by molar-refractivity contribution is -0.0418. The van der Waals surface area contributed by atoms with Crippen molar-refractivity contribution in [2.75, 3.05) is 45.8 Å². The molecule has 0 aromatic heterocycles. The molecule has 0 aromatic carbocycles. The lowest BCUT2D eigenvalue weighted by atomic mass is 9.75. The van der Waals surface area contributed by atoms with Gasteiger partial charge in [0.05, 0.1) is 0 Å². The summed E-state index contributed by atoms with van der Waals surface area (Å²) in [6.45, 7) is 23.5. The molecule has 0 unspecified atom stereocenters. The number of rotatable bonds is 3. The molecule has 3 fully saturated rings. The Hall–Kier alpha value is -0.120. The van der Waals surface area contributed by atoms with Crippen molar-refractivity contribution in [3.63, 3.8) is 0 Å². The summed E-state index contributed by atoms with van der Waals surface area (Å²) in [4.78, 5) is 8.10. The van der Waals surface area contributed by atoms with Crippen LogP contribution < -0.4 is 0 Å². The molecule has 3 heteroatoms. The van der Waals surface area contributed by atoms with Gasteiger partial charge in [0.2, 0.25) is 0 Å². The first kappa shape index (κ1) is 17.7. The first-order chi connectivity index (χ1) is 10.6. The largest absolute Gasteiger partial charge is 0.300 e. The van der Waals surface area contributed by atoms with Crippen molar-refractivity contribution < 1.29 is 0 Å². The molecule has 3 heterocycles.